The minimum absolute atomic E-state index is 0.433. The van der Waals surface area contributed by atoms with E-state index in [1.165, 1.54) is 9.75 Å². The highest BCUT2D eigenvalue weighted by Gasteiger charge is 2.06. The van der Waals surface area contributed by atoms with E-state index in [9.17, 15) is 5.11 Å². The Balaban J connectivity index is 2.03. The van der Waals surface area contributed by atoms with Crippen molar-refractivity contribution in [3.8, 4) is 5.75 Å². The highest BCUT2D eigenvalue weighted by atomic mass is 32.1. The molecule has 1 N–H and O–H groups in total. The lowest BCUT2D eigenvalue weighted by atomic mass is 10.1. The van der Waals surface area contributed by atoms with Gasteiger partial charge in [0.2, 0.25) is 0 Å². The molecule has 0 aliphatic rings. The number of thiophene rings is 1. The molecule has 0 saturated heterocycles. The van der Waals surface area contributed by atoms with Gasteiger partial charge in [-0.05, 0) is 55.7 Å². The van der Waals surface area contributed by atoms with Gasteiger partial charge in [0.05, 0.1) is 6.10 Å². The van der Waals surface area contributed by atoms with E-state index < -0.39 is 6.10 Å². The quantitative estimate of drug-likeness (QED) is 0.884. The molecule has 1 aromatic carbocycles. The van der Waals surface area contributed by atoms with Crippen molar-refractivity contribution in [1.29, 1.82) is 0 Å². The number of aryl methyl sites for hydroxylation is 2. The summed E-state index contributed by atoms with van der Waals surface area (Å²) in [5, 5.41) is 9.54. The molecule has 0 aliphatic heterocycles. The Morgan fingerprint density at radius 3 is 2.53 bits per heavy atom. The van der Waals surface area contributed by atoms with Gasteiger partial charge < -0.3 is 9.84 Å². The van der Waals surface area contributed by atoms with Crippen molar-refractivity contribution in [3.05, 3.63) is 51.2 Å². The van der Waals surface area contributed by atoms with E-state index in [1.54, 1.807) is 18.3 Å². The highest BCUT2D eigenvalue weighted by Crippen LogP contribution is 2.25. The van der Waals surface area contributed by atoms with Crippen molar-refractivity contribution in [1.82, 2.24) is 0 Å². The molecule has 19 heavy (non-hydrogen) atoms. The third-order valence-electron chi connectivity index (χ3n) is 3.12. The number of aliphatic hydroxyl groups excluding tert-OH is 1. The molecule has 0 amide bonds. The molecule has 2 nitrogen and oxygen atoms in total. The van der Waals surface area contributed by atoms with Crippen LogP contribution in [0.2, 0.25) is 0 Å². The fraction of sp³-hybridized carbons (Fsp3) is 0.375. The zero-order valence-electron chi connectivity index (χ0n) is 11.6. The van der Waals surface area contributed by atoms with E-state index in [0.717, 1.165) is 23.3 Å². The average Bonchev–Trinajstić information content (AvgIpc) is 2.85. The number of aliphatic hydroxyl groups is 1. The van der Waals surface area contributed by atoms with E-state index >= 15 is 0 Å². The number of hydrogen-bond acceptors (Lipinski definition) is 3. The first-order chi connectivity index (χ1) is 9.10. The number of ether oxygens (including phenoxy) is 1. The van der Waals surface area contributed by atoms with Crippen molar-refractivity contribution in [2.24, 2.45) is 0 Å². The van der Waals surface area contributed by atoms with Crippen LogP contribution >= 0.6 is 11.3 Å². The van der Waals surface area contributed by atoms with E-state index in [1.807, 2.05) is 25.1 Å². The maximum absolute atomic E-state index is 9.54. The van der Waals surface area contributed by atoms with Gasteiger partial charge >= 0.3 is 0 Å². The Morgan fingerprint density at radius 1 is 1.21 bits per heavy atom. The SMILES string of the molecule is CCc1ccc(COc2ccc([C@H](C)O)cc2C)s1. The molecule has 1 aromatic heterocycles. The zero-order valence-corrected chi connectivity index (χ0v) is 12.5. The molecular weight excluding hydrogens is 256 g/mol. The lowest BCUT2D eigenvalue weighted by molar-refractivity contribution is 0.199. The second kappa shape index (κ2) is 6.22. The van der Waals surface area contributed by atoms with Crippen LogP contribution in [0.1, 0.15) is 40.8 Å². The van der Waals surface area contributed by atoms with Gasteiger partial charge in [0.25, 0.3) is 0 Å². The largest absolute Gasteiger partial charge is 0.488 e. The van der Waals surface area contributed by atoms with Gasteiger partial charge in [0, 0.05) is 9.75 Å². The van der Waals surface area contributed by atoms with Crippen molar-refractivity contribution in [2.45, 2.75) is 39.9 Å². The summed E-state index contributed by atoms with van der Waals surface area (Å²) < 4.78 is 5.84. The van der Waals surface area contributed by atoms with Crippen LogP contribution in [0, 0.1) is 6.92 Å². The molecule has 0 aliphatic carbocycles. The van der Waals surface area contributed by atoms with E-state index in [2.05, 4.69) is 19.1 Å². The Kier molecular flexibility index (Phi) is 4.61. The predicted molar refractivity (Wildman–Crippen MR) is 79.8 cm³/mol. The van der Waals surface area contributed by atoms with Crippen LogP contribution in [0.25, 0.3) is 0 Å². The topological polar surface area (TPSA) is 29.5 Å². The van der Waals surface area contributed by atoms with Crippen LogP contribution in [0.5, 0.6) is 5.75 Å². The molecule has 2 rings (SSSR count). The molecule has 0 radical (unpaired) electrons. The summed E-state index contributed by atoms with van der Waals surface area (Å²) >= 11 is 1.80. The van der Waals surface area contributed by atoms with Gasteiger partial charge in [-0.15, -0.1) is 11.3 Å². The van der Waals surface area contributed by atoms with Crippen LogP contribution in [-0.2, 0) is 13.0 Å². The Morgan fingerprint density at radius 2 is 1.95 bits per heavy atom. The van der Waals surface area contributed by atoms with Gasteiger partial charge in [-0.2, -0.15) is 0 Å². The minimum Gasteiger partial charge on any atom is -0.488 e. The summed E-state index contributed by atoms with van der Waals surface area (Å²) in [5.41, 5.74) is 1.99. The number of rotatable bonds is 5. The van der Waals surface area contributed by atoms with Gasteiger partial charge in [0.1, 0.15) is 12.4 Å². The van der Waals surface area contributed by atoms with Crippen molar-refractivity contribution in [2.75, 3.05) is 0 Å². The lowest BCUT2D eigenvalue weighted by Crippen LogP contribution is -1.97. The summed E-state index contributed by atoms with van der Waals surface area (Å²) in [6, 6.07) is 10.1. The maximum atomic E-state index is 9.54. The second-order valence-electron chi connectivity index (χ2n) is 4.71. The second-order valence-corrected chi connectivity index (χ2v) is 5.96. The summed E-state index contributed by atoms with van der Waals surface area (Å²) in [7, 11) is 0. The van der Waals surface area contributed by atoms with E-state index in [-0.39, 0.29) is 0 Å². The number of benzene rings is 1. The normalized spacial score (nSPS) is 12.4. The first kappa shape index (κ1) is 14.1. The maximum Gasteiger partial charge on any atom is 0.122 e. The van der Waals surface area contributed by atoms with Crippen molar-refractivity contribution >= 4 is 11.3 Å². The highest BCUT2D eigenvalue weighted by molar-refractivity contribution is 7.11. The van der Waals surface area contributed by atoms with Gasteiger partial charge in [-0.3, -0.25) is 0 Å². The average molecular weight is 276 g/mol. The van der Waals surface area contributed by atoms with Crippen LogP contribution in [0.3, 0.4) is 0 Å². The summed E-state index contributed by atoms with van der Waals surface area (Å²) in [5.74, 6) is 0.885. The summed E-state index contributed by atoms with van der Waals surface area (Å²) in [6.45, 7) is 6.55. The Labute approximate surface area is 118 Å². The van der Waals surface area contributed by atoms with E-state index in [4.69, 9.17) is 4.74 Å². The third-order valence-corrected chi connectivity index (χ3v) is 4.32. The van der Waals surface area contributed by atoms with Gasteiger partial charge in [-0.25, -0.2) is 0 Å². The molecule has 102 valence electrons. The first-order valence-corrected chi connectivity index (χ1v) is 7.40. The summed E-state index contributed by atoms with van der Waals surface area (Å²) in [6.07, 6.45) is 0.643. The molecule has 0 spiro atoms. The third kappa shape index (κ3) is 3.58. The van der Waals surface area contributed by atoms with Crippen LogP contribution < -0.4 is 4.74 Å². The molecule has 2 aromatic rings. The molecule has 0 unspecified atom stereocenters. The lowest BCUT2D eigenvalue weighted by Gasteiger charge is -2.11. The molecule has 0 saturated carbocycles. The van der Waals surface area contributed by atoms with E-state index in [0.29, 0.717) is 6.61 Å². The van der Waals surface area contributed by atoms with Crippen LogP contribution in [0.4, 0.5) is 0 Å². The van der Waals surface area contributed by atoms with Crippen molar-refractivity contribution in [3.63, 3.8) is 0 Å². The Bertz CT molecular complexity index is 543. The van der Waals surface area contributed by atoms with Crippen LogP contribution in [-0.4, -0.2) is 5.11 Å². The number of hydrogen-bond donors (Lipinski definition) is 1. The Hall–Kier alpha value is -1.32. The van der Waals surface area contributed by atoms with Crippen molar-refractivity contribution < 1.29 is 9.84 Å². The standard InChI is InChI=1S/C16H20O2S/c1-4-14-6-7-15(19-14)10-18-16-8-5-13(12(3)17)9-11(16)2/h5-9,12,17H,4,10H2,1-3H3/t12-/m0/s1. The molecule has 3 heteroatoms. The zero-order chi connectivity index (χ0) is 13.8. The monoisotopic (exact) mass is 276 g/mol. The van der Waals surface area contributed by atoms with Gasteiger partial charge in [-0.1, -0.05) is 13.0 Å². The fourth-order valence-corrected chi connectivity index (χ4v) is 2.80. The summed E-state index contributed by atoms with van der Waals surface area (Å²) in [4.78, 5) is 2.63. The molecule has 1 heterocycles. The van der Waals surface area contributed by atoms with Crippen LogP contribution in [0.15, 0.2) is 30.3 Å². The molecular formula is C16H20O2S. The fourth-order valence-electron chi connectivity index (χ4n) is 1.93. The minimum atomic E-state index is -0.433. The predicted octanol–water partition coefficient (Wildman–Crippen LogP) is 4.25. The molecule has 0 bridgehead atoms. The molecule has 0 fully saturated rings. The smallest absolute Gasteiger partial charge is 0.122 e. The molecule has 1 atom stereocenters. The first-order valence-electron chi connectivity index (χ1n) is 6.59. The van der Waals surface area contributed by atoms with Gasteiger partial charge in [0.15, 0.2) is 0 Å².